The Morgan fingerprint density at radius 2 is 2.11 bits per heavy atom. The van der Waals surface area contributed by atoms with Crippen molar-refractivity contribution in [1.29, 1.82) is 0 Å². The molecule has 0 radical (unpaired) electrons. The minimum absolute atomic E-state index is 0.181. The van der Waals surface area contributed by atoms with Gasteiger partial charge in [0.1, 0.15) is 18.1 Å². The van der Waals surface area contributed by atoms with Crippen LogP contribution < -0.4 is 4.74 Å². The number of ether oxygens (including phenoxy) is 2. The van der Waals surface area contributed by atoms with Gasteiger partial charge in [0, 0.05) is 0 Å². The Morgan fingerprint density at radius 3 is 2.83 bits per heavy atom. The van der Waals surface area contributed by atoms with Gasteiger partial charge in [-0.25, -0.2) is 4.79 Å². The molecule has 4 heteroatoms. The molecule has 0 bridgehead atoms. The normalized spacial score (nSPS) is 10.1. The summed E-state index contributed by atoms with van der Waals surface area (Å²) in [5.74, 6) is 1.04. The van der Waals surface area contributed by atoms with E-state index in [1.54, 1.807) is 12.1 Å². The van der Waals surface area contributed by atoms with Crippen molar-refractivity contribution in [3.05, 3.63) is 53.5 Å². The molecule has 18 heavy (non-hydrogen) atoms. The highest BCUT2D eigenvalue weighted by Gasteiger charge is 2.11. The van der Waals surface area contributed by atoms with E-state index in [1.165, 1.54) is 7.11 Å². The number of furan rings is 1. The molecule has 1 aromatic carbocycles. The SMILES string of the molecule is COC(=O)c1ccc(COc2cccc(C)c2)o1. The highest BCUT2D eigenvalue weighted by molar-refractivity contribution is 5.86. The second kappa shape index (κ2) is 5.40. The number of carbonyl (C=O) groups is 1. The molecule has 0 aliphatic carbocycles. The van der Waals surface area contributed by atoms with Crippen molar-refractivity contribution in [3.8, 4) is 5.75 Å². The first-order chi connectivity index (χ1) is 8.69. The van der Waals surface area contributed by atoms with Crippen LogP contribution in [0.25, 0.3) is 0 Å². The first-order valence-electron chi connectivity index (χ1n) is 5.55. The first-order valence-corrected chi connectivity index (χ1v) is 5.55. The molecule has 2 aromatic rings. The molecule has 0 aliphatic rings. The minimum atomic E-state index is -0.489. The Balaban J connectivity index is 1.98. The van der Waals surface area contributed by atoms with E-state index in [4.69, 9.17) is 9.15 Å². The summed E-state index contributed by atoms with van der Waals surface area (Å²) in [7, 11) is 1.31. The van der Waals surface area contributed by atoms with Crippen LogP contribution in [0.4, 0.5) is 0 Å². The van der Waals surface area contributed by atoms with E-state index in [2.05, 4.69) is 4.74 Å². The van der Waals surface area contributed by atoms with Gasteiger partial charge >= 0.3 is 5.97 Å². The number of rotatable bonds is 4. The van der Waals surface area contributed by atoms with Crippen molar-refractivity contribution in [1.82, 2.24) is 0 Å². The number of carbonyl (C=O) groups excluding carboxylic acids is 1. The lowest BCUT2D eigenvalue weighted by Gasteiger charge is -2.04. The molecule has 0 unspecified atom stereocenters. The molecule has 1 heterocycles. The third kappa shape index (κ3) is 2.91. The summed E-state index contributed by atoms with van der Waals surface area (Å²) in [6.07, 6.45) is 0. The largest absolute Gasteiger partial charge is 0.486 e. The Labute approximate surface area is 105 Å². The van der Waals surface area contributed by atoms with Crippen molar-refractivity contribution in [2.75, 3.05) is 7.11 Å². The third-order valence-corrected chi connectivity index (χ3v) is 2.42. The van der Waals surface area contributed by atoms with Crippen LogP contribution in [0.3, 0.4) is 0 Å². The highest BCUT2D eigenvalue weighted by atomic mass is 16.5. The van der Waals surface area contributed by atoms with E-state index in [1.807, 2.05) is 31.2 Å². The zero-order valence-electron chi connectivity index (χ0n) is 10.3. The lowest BCUT2D eigenvalue weighted by molar-refractivity contribution is 0.0561. The zero-order valence-corrected chi connectivity index (χ0v) is 10.3. The van der Waals surface area contributed by atoms with E-state index in [-0.39, 0.29) is 12.4 Å². The number of benzene rings is 1. The number of hydrogen-bond acceptors (Lipinski definition) is 4. The molecule has 2 rings (SSSR count). The van der Waals surface area contributed by atoms with Crippen LogP contribution in [0.2, 0.25) is 0 Å². The van der Waals surface area contributed by atoms with Gasteiger partial charge in [0.05, 0.1) is 7.11 Å². The predicted octanol–water partition coefficient (Wildman–Crippen LogP) is 2.95. The number of hydrogen-bond donors (Lipinski definition) is 0. The van der Waals surface area contributed by atoms with E-state index in [0.29, 0.717) is 5.76 Å². The van der Waals surface area contributed by atoms with Gasteiger partial charge in [-0.1, -0.05) is 12.1 Å². The van der Waals surface area contributed by atoms with Crippen LogP contribution in [-0.2, 0) is 11.3 Å². The van der Waals surface area contributed by atoms with Crippen LogP contribution in [0.5, 0.6) is 5.75 Å². The average molecular weight is 246 g/mol. The summed E-state index contributed by atoms with van der Waals surface area (Å²) < 4.78 is 15.4. The summed E-state index contributed by atoms with van der Waals surface area (Å²) in [6.45, 7) is 2.27. The number of esters is 1. The molecular formula is C14H14O4. The fraction of sp³-hybridized carbons (Fsp3) is 0.214. The molecular weight excluding hydrogens is 232 g/mol. The fourth-order valence-electron chi connectivity index (χ4n) is 1.53. The number of aryl methyl sites for hydroxylation is 1. The third-order valence-electron chi connectivity index (χ3n) is 2.42. The monoisotopic (exact) mass is 246 g/mol. The van der Waals surface area contributed by atoms with Gasteiger partial charge < -0.3 is 13.9 Å². The Bertz CT molecular complexity index is 542. The molecule has 0 spiro atoms. The van der Waals surface area contributed by atoms with Crippen LogP contribution in [0, 0.1) is 6.92 Å². The standard InChI is InChI=1S/C14H14O4/c1-10-4-3-5-11(8-10)17-9-12-6-7-13(18-12)14(15)16-2/h3-8H,9H2,1-2H3. The fourth-order valence-corrected chi connectivity index (χ4v) is 1.53. The van der Waals surface area contributed by atoms with Crippen molar-refractivity contribution in [3.63, 3.8) is 0 Å². The van der Waals surface area contributed by atoms with Gasteiger partial charge in [0.25, 0.3) is 0 Å². The topological polar surface area (TPSA) is 48.7 Å². The number of methoxy groups -OCH3 is 1. The van der Waals surface area contributed by atoms with Gasteiger partial charge in [0.15, 0.2) is 0 Å². The molecule has 0 atom stereocenters. The highest BCUT2D eigenvalue weighted by Crippen LogP contribution is 2.16. The van der Waals surface area contributed by atoms with Gasteiger partial charge in [-0.05, 0) is 36.8 Å². The second-order valence-electron chi connectivity index (χ2n) is 3.86. The summed E-state index contributed by atoms with van der Waals surface area (Å²) in [5, 5.41) is 0. The van der Waals surface area contributed by atoms with Crippen molar-refractivity contribution >= 4 is 5.97 Å². The van der Waals surface area contributed by atoms with Gasteiger partial charge in [-0.2, -0.15) is 0 Å². The lowest BCUT2D eigenvalue weighted by atomic mass is 10.2. The molecule has 94 valence electrons. The molecule has 0 saturated heterocycles. The first kappa shape index (κ1) is 12.2. The quantitative estimate of drug-likeness (QED) is 0.778. The Hall–Kier alpha value is -2.23. The van der Waals surface area contributed by atoms with E-state index >= 15 is 0 Å². The predicted molar refractivity (Wildman–Crippen MR) is 65.6 cm³/mol. The summed E-state index contributed by atoms with van der Waals surface area (Å²) in [5.41, 5.74) is 1.13. The van der Waals surface area contributed by atoms with Crippen LogP contribution in [-0.4, -0.2) is 13.1 Å². The smallest absolute Gasteiger partial charge is 0.373 e. The molecule has 0 fully saturated rings. The maximum Gasteiger partial charge on any atom is 0.373 e. The van der Waals surface area contributed by atoms with Crippen molar-refractivity contribution < 1.29 is 18.7 Å². The second-order valence-corrected chi connectivity index (χ2v) is 3.86. The van der Waals surface area contributed by atoms with E-state index in [0.717, 1.165) is 11.3 Å². The lowest BCUT2D eigenvalue weighted by Crippen LogP contribution is -1.99. The molecule has 1 aromatic heterocycles. The van der Waals surface area contributed by atoms with Crippen molar-refractivity contribution in [2.45, 2.75) is 13.5 Å². The minimum Gasteiger partial charge on any atom is -0.486 e. The summed E-state index contributed by atoms with van der Waals surface area (Å²) >= 11 is 0. The van der Waals surface area contributed by atoms with Gasteiger partial charge in [-0.15, -0.1) is 0 Å². The summed E-state index contributed by atoms with van der Waals surface area (Å²) in [4.78, 5) is 11.2. The van der Waals surface area contributed by atoms with Gasteiger partial charge in [0.2, 0.25) is 5.76 Å². The molecule has 0 aliphatic heterocycles. The Morgan fingerprint density at radius 1 is 1.28 bits per heavy atom. The maximum atomic E-state index is 11.2. The molecule has 0 amide bonds. The van der Waals surface area contributed by atoms with E-state index < -0.39 is 5.97 Å². The van der Waals surface area contributed by atoms with Crippen molar-refractivity contribution in [2.24, 2.45) is 0 Å². The average Bonchev–Trinajstić information content (AvgIpc) is 2.84. The Kier molecular flexibility index (Phi) is 3.67. The molecule has 0 N–H and O–H groups in total. The van der Waals surface area contributed by atoms with E-state index in [9.17, 15) is 4.79 Å². The molecule has 4 nitrogen and oxygen atoms in total. The van der Waals surface area contributed by atoms with Crippen LogP contribution in [0.15, 0.2) is 40.8 Å². The van der Waals surface area contributed by atoms with Crippen LogP contribution in [0.1, 0.15) is 21.9 Å². The molecule has 0 saturated carbocycles. The van der Waals surface area contributed by atoms with Crippen LogP contribution >= 0.6 is 0 Å². The van der Waals surface area contributed by atoms with Gasteiger partial charge in [-0.3, -0.25) is 0 Å². The summed E-state index contributed by atoms with van der Waals surface area (Å²) in [6, 6.07) is 11.0. The maximum absolute atomic E-state index is 11.2. The zero-order chi connectivity index (χ0) is 13.0.